The summed E-state index contributed by atoms with van der Waals surface area (Å²) in [5, 5.41) is 2.33. The lowest BCUT2D eigenvalue weighted by molar-refractivity contribution is -0.109. The van der Waals surface area contributed by atoms with Gasteiger partial charge in [-0.25, -0.2) is 0 Å². The third-order valence-corrected chi connectivity index (χ3v) is 0.538. The lowest BCUT2D eigenvalue weighted by atomic mass is 10.5. The number of halogens is 1. The Morgan fingerprint density at radius 3 is 2.86 bits per heavy atom. The van der Waals surface area contributed by atoms with Crippen molar-refractivity contribution in [2.45, 2.75) is 6.42 Å². The number of nitrogens with one attached hydrogen (secondary N) is 1. The van der Waals surface area contributed by atoms with Crippen LogP contribution in [0.1, 0.15) is 6.42 Å². The molecule has 3 heteroatoms. The van der Waals surface area contributed by atoms with E-state index in [1.807, 2.05) is 0 Å². The molecule has 0 radical (unpaired) electrons. The zero-order valence-corrected chi connectivity index (χ0v) is 3.98. The van der Waals surface area contributed by atoms with Crippen LogP contribution in [0.3, 0.4) is 0 Å². The van der Waals surface area contributed by atoms with Gasteiger partial charge in [-0.2, -0.15) is 0 Å². The van der Waals surface area contributed by atoms with Gasteiger partial charge in [0.1, 0.15) is 0 Å². The van der Waals surface area contributed by atoms with Gasteiger partial charge in [0.25, 0.3) is 0 Å². The highest BCUT2D eigenvalue weighted by molar-refractivity contribution is 5.45. The smallest absolute Gasteiger partial charge is 0.207 e. The van der Waals surface area contributed by atoms with Gasteiger partial charge in [0, 0.05) is 6.54 Å². The first kappa shape index (κ1) is 6.40. The second-order valence-corrected chi connectivity index (χ2v) is 1.11. The van der Waals surface area contributed by atoms with Crippen LogP contribution in [0.2, 0.25) is 0 Å². The van der Waals surface area contributed by atoms with Crippen molar-refractivity contribution in [1.82, 2.24) is 5.32 Å². The normalized spacial score (nSPS) is 8.14. The second-order valence-electron chi connectivity index (χ2n) is 1.11. The van der Waals surface area contributed by atoms with E-state index in [9.17, 15) is 9.18 Å². The highest BCUT2D eigenvalue weighted by Crippen LogP contribution is 1.73. The Bertz CT molecular complexity index is 49.0. The molecule has 0 fully saturated rings. The Balaban J connectivity index is 2.56. The second kappa shape index (κ2) is 5.40. The Kier molecular flexibility index (Phi) is 4.94. The van der Waals surface area contributed by atoms with Gasteiger partial charge < -0.3 is 5.32 Å². The van der Waals surface area contributed by atoms with Gasteiger partial charge in [-0.15, -0.1) is 0 Å². The average Bonchev–Trinajstić information content (AvgIpc) is 1.69. The minimum atomic E-state index is -0.360. The number of rotatable bonds is 4. The summed E-state index contributed by atoms with van der Waals surface area (Å²) in [5.74, 6) is 0. The molecule has 7 heavy (non-hydrogen) atoms. The molecule has 0 aliphatic heterocycles. The zero-order chi connectivity index (χ0) is 5.54. The summed E-state index contributed by atoms with van der Waals surface area (Å²) in [6, 6.07) is 0. The minimum Gasteiger partial charge on any atom is -0.359 e. The number of carbonyl (C=O) groups is 1. The van der Waals surface area contributed by atoms with E-state index in [1.54, 1.807) is 0 Å². The van der Waals surface area contributed by atoms with Gasteiger partial charge in [-0.05, 0) is 6.42 Å². The van der Waals surface area contributed by atoms with E-state index in [0.29, 0.717) is 19.4 Å². The van der Waals surface area contributed by atoms with E-state index in [-0.39, 0.29) is 6.67 Å². The van der Waals surface area contributed by atoms with Crippen molar-refractivity contribution < 1.29 is 9.18 Å². The SMILES string of the molecule is O=CNCCCF. The molecule has 0 aliphatic carbocycles. The first-order chi connectivity index (χ1) is 3.41. The lowest BCUT2D eigenvalue weighted by Gasteiger charge is -1.89. The fraction of sp³-hybridized carbons (Fsp3) is 0.750. The standard InChI is InChI=1S/C4H8FNO/c5-2-1-3-6-4-7/h4H,1-3H2,(H,6,7). The van der Waals surface area contributed by atoms with Crippen molar-refractivity contribution in [3.05, 3.63) is 0 Å². The molecule has 0 bridgehead atoms. The molecule has 0 heterocycles. The van der Waals surface area contributed by atoms with Crippen LogP contribution >= 0.6 is 0 Å². The number of hydrogen-bond donors (Lipinski definition) is 1. The summed E-state index contributed by atoms with van der Waals surface area (Å²) in [7, 11) is 0. The monoisotopic (exact) mass is 105 g/mol. The maximum absolute atomic E-state index is 11.2. The number of alkyl halides is 1. The largest absolute Gasteiger partial charge is 0.359 e. The lowest BCUT2D eigenvalue weighted by Crippen LogP contribution is -2.12. The van der Waals surface area contributed by atoms with Crippen LogP contribution < -0.4 is 5.32 Å². The molecule has 0 unspecified atom stereocenters. The minimum absolute atomic E-state index is 0.360. The highest BCUT2D eigenvalue weighted by atomic mass is 19.1. The van der Waals surface area contributed by atoms with Crippen LogP contribution in [0.5, 0.6) is 0 Å². The van der Waals surface area contributed by atoms with Crippen LogP contribution in [0.25, 0.3) is 0 Å². The van der Waals surface area contributed by atoms with Crippen molar-refractivity contribution in [2.24, 2.45) is 0 Å². The molecule has 0 saturated carbocycles. The first-order valence-electron chi connectivity index (χ1n) is 2.15. The van der Waals surface area contributed by atoms with Crippen molar-refractivity contribution in [1.29, 1.82) is 0 Å². The molecular weight excluding hydrogens is 97.0 g/mol. The Hall–Kier alpha value is -0.600. The summed E-state index contributed by atoms with van der Waals surface area (Å²) < 4.78 is 11.2. The maximum atomic E-state index is 11.2. The molecule has 0 aromatic carbocycles. The van der Waals surface area contributed by atoms with Crippen molar-refractivity contribution >= 4 is 6.41 Å². The summed E-state index contributed by atoms with van der Waals surface area (Å²) in [6.45, 7) is 0.0842. The quantitative estimate of drug-likeness (QED) is 0.398. The first-order valence-corrected chi connectivity index (χ1v) is 2.15. The van der Waals surface area contributed by atoms with E-state index in [1.165, 1.54) is 0 Å². The van der Waals surface area contributed by atoms with Gasteiger partial charge in [-0.1, -0.05) is 0 Å². The molecule has 0 spiro atoms. The number of carbonyl (C=O) groups excluding carboxylic acids is 1. The fourth-order valence-electron chi connectivity index (χ4n) is 0.228. The Morgan fingerprint density at radius 2 is 2.43 bits per heavy atom. The van der Waals surface area contributed by atoms with Crippen molar-refractivity contribution in [3.8, 4) is 0 Å². The molecule has 0 aliphatic rings. The zero-order valence-electron chi connectivity index (χ0n) is 3.98. The molecule has 1 amide bonds. The van der Waals surface area contributed by atoms with E-state index < -0.39 is 0 Å². The van der Waals surface area contributed by atoms with E-state index >= 15 is 0 Å². The summed E-state index contributed by atoms with van der Waals surface area (Å²) in [5.41, 5.74) is 0. The molecule has 0 rings (SSSR count). The summed E-state index contributed by atoms with van der Waals surface area (Å²) >= 11 is 0. The topological polar surface area (TPSA) is 29.1 Å². The van der Waals surface area contributed by atoms with Crippen molar-refractivity contribution in [3.63, 3.8) is 0 Å². The van der Waals surface area contributed by atoms with Crippen LogP contribution in [-0.4, -0.2) is 19.6 Å². The van der Waals surface area contributed by atoms with Crippen LogP contribution in [0.15, 0.2) is 0 Å². The van der Waals surface area contributed by atoms with Crippen LogP contribution in [0, 0.1) is 0 Å². The molecule has 0 saturated heterocycles. The average molecular weight is 105 g/mol. The van der Waals surface area contributed by atoms with Crippen molar-refractivity contribution in [2.75, 3.05) is 13.2 Å². The van der Waals surface area contributed by atoms with E-state index in [2.05, 4.69) is 5.32 Å². The fourth-order valence-corrected chi connectivity index (χ4v) is 0.228. The molecule has 42 valence electrons. The molecule has 0 aromatic heterocycles. The molecule has 1 N–H and O–H groups in total. The van der Waals surface area contributed by atoms with Gasteiger partial charge in [0.15, 0.2) is 0 Å². The van der Waals surface area contributed by atoms with Gasteiger partial charge in [0.05, 0.1) is 6.67 Å². The number of amides is 1. The Morgan fingerprint density at radius 1 is 1.71 bits per heavy atom. The van der Waals surface area contributed by atoms with E-state index in [4.69, 9.17) is 0 Å². The molecular formula is C4H8FNO. The molecule has 0 aromatic rings. The molecule has 0 atom stereocenters. The van der Waals surface area contributed by atoms with Gasteiger partial charge in [0.2, 0.25) is 6.41 Å². The Labute approximate surface area is 41.7 Å². The summed E-state index contributed by atoms with van der Waals surface area (Å²) in [4.78, 5) is 9.45. The molecule has 2 nitrogen and oxygen atoms in total. The highest BCUT2D eigenvalue weighted by Gasteiger charge is 1.79. The van der Waals surface area contributed by atoms with Gasteiger partial charge >= 0.3 is 0 Å². The summed E-state index contributed by atoms with van der Waals surface area (Å²) in [6.07, 6.45) is 0.981. The maximum Gasteiger partial charge on any atom is 0.207 e. The third kappa shape index (κ3) is 5.40. The van der Waals surface area contributed by atoms with Crippen LogP contribution in [0.4, 0.5) is 4.39 Å². The number of hydrogen-bond acceptors (Lipinski definition) is 1. The van der Waals surface area contributed by atoms with Gasteiger partial charge in [-0.3, -0.25) is 9.18 Å². The van der Waals surface area contributed by atoms with E-state index in [0.717, 1.165) is 0 Å². The third-order valence-electron chi connectivity index (χ3n) is 0.538. The predicted octanol–water partition coefficient (Wildman–Crippen LogP) is 0.0920. The van der Waals surface area contributed by atoms with Crippen LogP contribution in [-0.2, 0) is 4.79 Å². The predicted molar refractivity (Wildman–Crippen MR) is 24.7 cm³/mol.